The molecular weight excluding hydrogens is 300 g/mol. The predicted octanol–water partition coefficient (Wildman–Crippen LogP) is 2.11. The minimum absolute atomic E-state index is 0.104. The molecule has 0 saturated heterocycles. The molecule has 20 heavy (non-hydrogen) atoms. The number of carbonyl (C=O) groups excluding carboxylic acids is 1. The zero-order chi connectivity index (χ0) is 14.5. The summed E-state index contributed by atoms with van der Waals surface area (Å²) in [4.78, 5) is 11.8. The number of aromatic nitrogens is 3. The van der Waals surface area contributed by atoms with Gasteiger partial charge in [0.25, 0.3) is 5.91 Å². The van der Waals surface area contributed by atoms with Crippen molar-refractivity contribution in [3.05, 3.63) is 35.1 Å². The number of nitrogens with zero attached hydrogens (tertiary/aromatic N) is 3. The number of hydrogen-bond donors (Lipinski definition) is 1. The summed E-state index contributed by atoms with van der Waals surface area (Å²) in [5.41, 5.74) is 2.67. The number of rotatable bonds is 5. The number of hydrogen-bond acceptors (Lipinski definition) is 5. The van der Waals surface area contributed by atoms with Crippen LogP contribution in [0.5, 0.6) is 5.75 Å². The highest BCUT2D eigenvalue weighted by molar-refractivity contribution is 7.98. The fraction of sp³-hybridized carbons (Fsp3) is 0.250. The minimum Gasteiger partial charge on any atom is -0.484 e. The number of ether oxygens (including phenoxy) is 1. The molecule has 1 N–H and O–H groups in total. The van der Waals surface area contributed by atoms with Gasteiger partial charge in [0.1, 0.15) is 11.6 Å². The van der Waals surface area contributed by atoms with Crippen molar-refractivity contribution in [3.63, 3.8) is 0 Å². The summed E-state index contributed by atoms with van der Waals surface area (Å²) in [5.74, 6) is 0.891. The first kappa shape index (κ1) is 14.7. The lowest BCUT2D eigenvalue weighted by atomic mass is 10.3. The SMILES string of the molecule is CSc1nnc(C)n1NC(=O)COc1ccc(Cl)cc1. The van der Waals surface area contributed by atoms with Crippen LogP contribution >= 0.6 is 23.4 Å². The Balaban J connectivity index is 1.92. The maximum absolute atomic E-state index is 11.8. The van der Waals surface area contributed by atoms with Gasteiger partial charge in [-0.15, -0.1) is 10.2 Å². The van der Waals surface area contributed by atoms with Gasteiger partial charge in [-0.25, -0.2) is 4.68 Å². The van der Waals surface area contributed by atoms with Crippen LogP contribution in [0, 0.1) is 6.92 Å². The van der Waals surface area contributed by atoms with E-state index in [4.69, 9.17) is 16.3 Å². The lowest BCUT2D eigenvalue weighted by Gasteiger charge is -2.10. The van der Waals surface area contributed by atoms with E-state index in [1.807, 2.05) is 6.26 Å². The van der Waals surface area contributed by atoms with Crippen molar-refractivity contribution in [3.8, 4) is 5.75 Å². The highest BCUT2D eigenvalue weighted by Crippen LogP contribution is 2.15. The molecule has 106 valence electrons. The number of thioether (sulfide) groups is 1. The molecule has 1 aromatic heterocycles. The molecular formula is C12H13ClN4O2S. The third kappa shape index (κ3) is 3.64. The van der Waals surface area contributed by atoms with Crippen molar-refractivity contribution >= 4 is 29.3 Å². The average Bonchev–Trinajstić information content (AvgIpc) is 2.79. The van der Waals surface area contributed by atoms with E-state index in [9.17, 15) is 4.79 Å². The first-order valence-electron chi connectivity index (χ1n) is 5.74. The largest absolute Gasteiger partial charge is 0.484 e. The van der Waals surface area contributed by atoms with E-state index in [-0.39, 0.29) is 12.5 Å². The van der Waals surface area contributed by atoms with Gasteiger partial charge in [-0.1, -0.05) is 23.4 Å². The summed E-state index contributed by atoms with van der Waals surface area (Å²) >= 11 is 7.16. The Kier molecular flexibility index (Phi) is 4.86. The van der Waals surface area contributed by atoms with Crippen LogP contribution in [0.25, 0.3) is 0 Å². The molecule has 1 heterocycles. The van der Waals surface area contributed by atoms with Crippen molar-refractivity contribution in [1.29, 1.82) is 0 Å². The maximum Gasteiger partial charge on any atom is 0.276 e. The third-order valence-corrected chi connectivity index (χ3v) is 3.28. The fourth-order valence-corrected chi connectivity index (χ4v) is 2.05. The van der Waals surface area contributed by atoms with E-state index < -0.39 is 0 Å². The number of nitrogens with one attached hydrogen (secondary N) is 1. The summed E-state index contributed by atoms with van der Waals surface area (Å²) in [6.07, 6.45) is 1.86. The average molecular weight is 313 g/mol. The van der Waals surface area contributed by atoms with Crippen LogP contribution in [-0.4, -0.2) is 33.6 Å². The van der Waals surface area contributed by atoms with Gasteiger partial charge in [0.05, 0.1) is 0 Å². The summed E-state index contributed by atoms with van der Waals surface area (Å²) in [7, 11) is 0. The molecule has 0 radical (unpaired) electrons. The highest BCUT2D eigenvalue weighted by atomic mass is 35.5. The van der Waals surface area contributed by atoms with Crippen LogP contribution in [0.1, 0.15) is 5.82 Å². The second-order valence-electron chi connectivity index (χ2n) is 3.85. The standard InChI is InChI=1S/C12H13ClN4O2S/c1-8-14-15-12(20-2)17(8)16-11(18)7-19-10-5-3-9(13)4-6-10/h3-6H,7H2,1-2H3,(H,16,18). The molecule has 0 atom stereocenters. The zero-order valence-electron chi connectivity index (χ0n) is 11.0. The summed E-state index contributed by atoms with van der Waals surface area (Å²) < 4.78 is 6.88. The molecule has 6 nitrogen and oxygen atoms in total. The number of benzene rings is 1. The Morgan fingerprint density at radius 1 is 1.40 bits per heavy atom. The second kappa shape index (κ2) is 6.62. The quantitative estimate of drug-likeness (QED) is 0.856. The van der Waals surface area contributed by atoms with Crippen molar-refractivity contribution in [1.82, 2.24) is 14.9 Å². The van der Waals surface area contributed by atoms with Crippen LogP contribution in [0.4, 0.5) is 0 Å². The fourth-order valence-electron chi connectivity index (χ4n) is 1.44. The van der Waals surface area contributed by atoms with Crippen molar-refractivity contribution < 1.29 is 9.53 Å². The van der Waals surface area contributed by atoms with Gasteiger partial charge >= 0.3 is 0 Å². The molecule has 0 aliphatic rings. The zero-order valence-corrected chi connectivity index (χ0v) is 12.5. The smallest absolute Gasteiger partial charge is 0.276 e. The Morgan fingerprint density at radius 3 is 2.75 bits per heavy atom. The van der Waals surface area contributed by atoms with Gasteiger partial charge in [0, 0.05) is 5.02 Å². The van der Waals surface area contributed by atoms with Gasteiger partial charge in [-0.3, -0.25) is 10.2 Å². The van der Waals surface area contributed by atoms with E-state index in [1.165, 1.54) is 16.4 Å². The molecule has 2 rings (SSSR count). The second-order valence-corrected chi connectivity index (χ2v) is 5.06. The topological polar surface area (TPSA) is 69.0 Å². The highest BCUT2D eigenvalue weighted by Gasteiger charge is 2.11. The number of amides is 1. The van der Waals surface area contributed by atoms with Crippen LogP contribution in [0.3, 0.4) is 0 Å². The van der Waals surface area contributed by atoms with Crippen LogP contribution in [0.15, 0.2) is 29.4 Å². The molecule has 0 aliphatic heterocycles. The first-order valence-corrected chi connectivity index (χ1v) is 7.34. The molecule has 0 saturated carbocycles. The Morgan fingerprint density at radius 2 is 2.10 bits per heavy atom. The maximum atomic E-state index is 11.8. The van der Waals surface area contributed by atoms with Crippen molar-refractivity contribution in [2.24, 2.45) is 0 Å². The molecule has 0 spiro atoms. The Bertz CT molecular complexity index is 600. The molecule has 0 bridgehead atoms. The van der Waals surface area contributed by atoms with Crippen molar-refractivity contribution in [2.45, 2.75) is 12.1 Å². The van der Waals surface area contributed by atoms with Crippen LogP contribution in [0.2, 0.25) is 5.02 Å². The van der Waals surface area contributed by atoms with Gasteiger partial charge in [0.2, 0.25) is 5.16 Å². The number of carbonyl (C=O) groups is 1. The summed E-state index contributed by atoms with van der Waals surface area (Å²) in [6, 6.07) is 6.80. The van der Waals surface area contributed by atoms with E-state index in [0.717, 1.165) is 0 Å². The van der Waals surface area contributed by atoms with E-state index in [1.54, 1.807) is 31.2 Å². The molecule has 2 aromatic rings. The molecule has 1 aromatic carbocycles. The summed E-state index contributed by atoms with van der Waals surface area (Å²) in [5, 5.41) is 9.04. The van der Waals surface area contributed by atoms with Crippen LogP contribution in [-0.2, 0) is 4.79 Å². The molecule has 0 fully saturated rings. The molecule has 8 heteroatoms. The monoisotopic (exact) mass is 312 g/mol. The first-order chi connectivity index (χ1) is 9.60. The third-order valence-electron chi connectivity index (χ3n) is 2.40. The lowest BCUT2D eigenvalue weighted by Crippen LogP contribution is -2.29. The van der Waals surface area contributed by atoms with E-state index in [0.29, 0.717) is 21.8 Å². The van der Waals surface area contributed by atoms with Gasteiger partial charge in [-0.2, -0.15) is 0 Å². The van der Waals surface area contributed by atoms with E-state index >= 15 is 0 Å². The Hall–Kier alpha value is -1.73. The predicted molar refractivity (Wildman–Crippen MR) is 77.9 cm³/mol. The normalized spacial score (nSPS) is 10.3. The Labute approximate surface area is 125 Å². The molecule has 0 aliphatic carbocycles. The molecule has 1 amide bonds. The van der Waals surface area contributed by atoms with Gasteiger partial charge < -0.3 is 4.74 Å². The number of halogens is 1. The van der Waals surface area contributed by atoms with Crippen LogP contribution < -0.4 is 10.2 Å². The van der Waals surface area contributed by atoms with Crippen molar-refractivity contribution in [2.75, 3.05) is 18.3 Å². The summed E-state index contributed by atoms with van der Waals surface area (Å²) in [6.45, 7) is 1.65. The number of aryl methyl sites for hydroxylation is 1. The molecule has 0 unspecified atom stereocenters. The minimum atomic E-state index is -0.293. The van der Waals surface area contributed by atoms with Gasteiger partial charge in [0.15, 0.2) is 6.61 Å². The van der Waals surface area contributed by atoms with Gasteiger partial charge in [-0.05, 0) is 37.4 Å². The lowest BCUT2D eigenvalue weighted by molar-refractivity contribution is -0.119. The van der Waals surface area contributed by atoms with E-state index in [2.05, 4.69) is 15.6 Å².